The number of nitrogen functional groups attached to an aromatic ring is 1. The summed E-state index contributed by atoms with van der Waals surface area (Å²) in [6, 6.07) is 5.13. The van der Waals surface area contributed by atoms with Crippen LogP contribution in [0.2, 0.25) is 0 Å². The molecule has 3 aromatic rings. The molecule has 1 saturated carbocycles. The number of rotatable bonds is 6. The van der Waals surface area contributed by atoms with Crippen LogP contribution < -0.4 is 26.5 Å². The van der Waals surface area contributed by atoms with E-state index >= 15 is 0 Å². The molecular weight excluding hydrogens is 450 g/mol. The van der Waals surface area contributed by atoms with Gasteiger partial charge in [-0.15, -0.1) is 0 Å². The van der Waals surface area contributed by atoms with Gasteiger partial charge in [-0.1, -0.05) is 6.07 Å². The van der Waals surface area contributed by atoms with Gasteiger partial charge in [0, 0.05) is 37.4 Å². The summed E-state index contributed by atoms with van der Waals surface area (Å²) in [5.41, 5.74) is 7.57. The minimum absolute atomic E-state index is 0.180. The van der Waals surface area contributed by atoms with Gasteiger partial charge in [0.05, 0.1) is 28.9 Å². The quantitative estimate of drug-likeness (QED) is 0.313. The summed E-state index contributed by atoms with van der Waals surface area (Å²) in [6.07, 6.45) is 6.50. The second kappa shape index (κ2) is 8.61. The number of hydrogen-bond acceptors (Lipinski definition) is 7. The normalized spacial score (nSPS) is 15.7. The highest BCUT2D eigenvalue weighted by molar-refractivity contribution is 6.04. The van der Waals surface area contributed by atoms with Gasteiger partial charge in [-0.05, 0) is 43.9 Å². The second-order valence-corrected chi connectivity index (χ2v) is 9.09. The van der Waals surface area contributed by atoms with Gasteiger partial charge in [-0.25, -0.2) is 4.79 Å². The molecule has 10 heteroatoms. The zero-order chi connectivity index (χ0) is 24.7. The van der Waals surface area contributed by atoms with E-state index < -0.39 is 11.4 Å². The second-order valence-electron chi connectivity index (χ2n) is 9.09. The Labute approximate surface area is 201 Å². The van der Waals surface area contributed by atoms with Crippen molar-refractivity contribution in [3.05, 3.63) is 57.6 Å². The molecule has 2 aromatic heterocycles. The fourth-order valence-electron chi connectivity index (χ4n) is 5.07. The molecule has 182 valence electrons. The van der Waals surface area contributed by atoms with E-state index in [0.29, 0.717) is 54.3 Å². The van der Waals surface area contributed by atoms with Crippen LogP contribution in [0, 0.1) is 6.92 Å². The average molecular weight is 478 g/mol. The largest absolute Gasteiger partial charge is 0.489 e. The van der Waals surface area contributed by atoms with E-state index in [0.717, 1.165) is 19.3 Å². The number of nitrogens with zero attached hydrogens (tertiary/aromatic N) is 2. The lowest BCUT2D eigenvalue weighted by Crippen LogP contribution is -2.42. The topological polar surface area (TPSA) is 149 Å². The van der Waals surface area contributed by atoms with Crippen molar-refractivity contribution in [2.75, 3.05) is 30.7 Å². The van der Waals surface area contributed by atoms with E-state index in [-0.39, 0.29) is 28.1 Å². The van der Waals surface area contributed by atoms with Crippen LogP contribution in [0.25, 0.3) is 10.9 Å². The zero-order valence-electron chi connectivity index (χ0n) is 19.4. The van der Waals surface area contributed by atoms with E-state index in [1.807, 2.05) is 4.57 Å². The third-order valence-corrected chi connectivity index (χ3v) is 7.15. The molecule has 10 nitrogen and oxygen atoms in total. The lowest BCUT2D eigenvalue weighted by atomic mass is 9.74. The predicted molar refractivity (Wildman–Crippen MR) is 131 cm³/mol. The fraction of sp³-hybridized carbons (Fsp3) is 0.360. The van der Waals surface area contributed by atoms with Gasteiger partial charge in [-0.3, -0.25) is 14.6 Å². The van der Waals surface area contributed by atoms with Gasteiger partial charge < -0.3 is 30.8 Å². The van der Waals surface area contributed by atoms with Crippen LogP contribution in [0.3, 0.4) is 0 Å². The van der Waals surface area contributed by atoms with E-state index in [1.165, 1.54) is 6.20 Å². The lowest BCUT2D eigenvalue weighted by Gasteiger charge is -2.44. The molecule has 5 N–H and O–H groups in total. The molecule has 0 bridgehead atoms. The average Bonchev–Trinajstić information content (AvgIpc) is 3.00. The number of nitrogens with one attached hydrogen (secondary N) is 2. The Morgan fingerprint density at radius 2 is 2.06 bits per heavy atom. The SMILES string of the molecule is Cc1c(NCCNC(=O)c2ccccn2)c2c3c(c1N)c(=O)c(C(=O)O)cn3C1(CCC1)CCO2. The first-order valence-corrected chi connectivity index (χ1v) is 11.6. The number of aromatic carboxylic acids is 1. The third kappa shape index (κ3) is 3.65. The number of carboxylic acid groups (broad SMARTS) is 1. The van der Waals surface area contributed by atoms with Gasteiger partial charge in [0.25, 0.3) is 5.91 Å². The molecule has 0 saturated heterocycles. The molecule has 0 unspecified atom stereocenters. The van der Waals surface area contributed by atoms with Crippen molar-refractivity contribution < 1.29 is 19.4 Å². The molecule has 1 amide bonds. The van der Waals surface area contributed by atoms with Gasteiger partial charge >= 0.3 is 5.97 Å². The van der Waals surface area contributed by atoms with Crippen LogP contribution in [0.15, 0.2) is 35.4 Å². The van der Waals surface area contributed by atoms with Gasteiger partial charge in [0.1, 0.15) is 11.3 Å². The summed E-state index contributed by atoms with van der Waals surface area (Å²) in [4.78, 5) is 41.4. The Morgan fingerprint density at radius 3 is 2.71 bits per heavy atom. The van der Waals surface area contributed by atoms with E-state index in [4.69, 9.17) is 10.5 Å². The number of nitrogens with two attached hydrogens (primary N) is 1. The van der Waals surface area contributed by atoms with Crippen molar-refractivity contribution in [3.63, 3.8) is 0 Å². The summed E-state index contributed by atoms with van der Waals surface area (Å²) in [7, 11) is 0. The van der Waals surface area contributed by atoms with Crippen molar-refractivity contribution in [3.8, 4) is 5.75 Å². The number of carboxylic acids is 1. The number of ether oxygens (including phenoxy) is 1. The molecule has 1 fully saturated rings. The minimum atomic E-state index is -1.27. The Hall–Kier alpha value is -4.08. The minimum Gasteiger partial charge on any atom is -0.489 e. The first kappa shape index (κ1) is 22.7. The monoisotopic (exact) mass is 477 g/mol. The summed E-state index contributed by atoms with van der Waals surface area (Å²) in [5, 5.41) is 16.0. The smallest absolute Gasteiger partial charge is 0.341 e. The first-order chi connectivity index (χ1) is 16.8. The number of aromatic nitrogens is 2. The van der Waals surface area contributed by atoms with E-state index in [2.05, 4.69) is 15.6 Å². The maximum atomic E-state index is 13.2. The lowest BCUT2D eigenvalue weighted by molar-refractivity contribution is 0.0691. The Morgan fingerprint density at radius 1 is 1.26 bits per heavy atom. The van der Waals surface area contributed by atoms with Crippen molar-refractivity contribution in [1.82, 2.24) is 14.9 Å². The van der Waals surface area contributed by atoms with Crippen molar-refractivity contribution in [2.24, 2.45) is 0 Å². The first-order valence-electron chi connectivity index (χ1n) is 11.6. The maximum Gasteiger partial charge on any atom is 0.341 e. The van der Waals surface area contributed by atoms with Crippen LogP contribution in [0.4, 0.5) is 11.4 Å². The van der Waals surface area contributed by atoms with Gasteiger partial charge in [0.2, 0.25) is 5.43 Å². The van der Waals surface area contributed by atoms with Crippen molar-refractivity contribution >= 4 is 34.2 Å². The van der Waals surface area contributed by atoms with Crippen LogP contribution >= 0.6 is 0 Å². The van der Waals surface area contributed by atoms with Crippen LogP contribution in [-0.2, 0) is 5.54 Å². The van der Waals surface area contributed by atoms with E-state index in [1.54, 1.807) is 31.3 Å². The van der Waals surface area contributed by atoms with Crippen molar-refractivity contribution in [1.29, 1.82) is 0 Å². The third-order valence-electron chi connectivity index (χ3n) is 7.15. The molecular formula is C25H27N5O5. The molecule has 1 spiro atoms. The number of fused-ring (bicyclic) bond motifs is 1. The fourth-order valence-corrected chi connectivity index (χ4v) is 5.07. The highest BCUT2D eigenvalue weighted by atomic mass is 16.5. The highest BCUT2D eigenvalue weighted by Gasteiger charge is 2.42. The molecule has 3 heterocycles. The zero-order valence-corrected chi connectivity index (χ0v) is 19.4. The van der Waals surface area contributed by atoms with Crippen molar-refractivity contribution in [2.45, 2.75) is 38.1 Å². The summed E-state index contributed by atoms with van der Waals surface area (Å²) in [6.45, 7) is 2.90. The molecule has 2 aliphatic rings. The number of benzene rings is 1. The number of amides is 1. The Kier molecular flexibility index (Phi) is 5.58. The molecule has 1 aliphatic heterocycles. The number of pyridine rings is 2. The number of hydrogen-bond donors (Lipinski definition) is 4. The van der Waals surface area contributed by atoms with Crippen LogP contribution in [-0.4, -0.2) is 46.2 Å². The molecule has 0 atom stereocenters. The summed E-state index contributed by atoms with van der Waals surface area (Å²) in [5.74, 6) is -1.07. The summed E-state index contributed by atoms with van der Waals surface area (Å²) < 4.78 is 8.12. The number of anilines is 2. The highest BCUT2D eigenvalue weighted by Crippen LogP contribution is 2.50. The molecule has 5 rings (SSSR count). The van der Waals surface area contributed by atoms with E-state index in [9.17, 15) is 19.5 Å². The molecule has 1 aromatic carbocycles. The number of carbonyl (C=O) groups is 2. The Bertz CT molecular complexity index is 1400. The van der Waals surface area contributed by atoms with Crippen LogP contribution in [0.5, 0.6) is 5.75 Å². The summed E-state index contributed by atoms with van der Waals surface area (Å²) >= 11 is 0. The Balaban J connectivity index is 1.54. The predicted octanol–water partition coefficient (Wildman–Crippen LogP) is 2.49. The molecule has 35 heavy (non-hydrogen) atoms. The van der Waals surface area contributed by atoms with Crippen LogP contribution in [0.1, 0.15) is 52.1 Å². The molecule has 1 aliphatic carbocycles. The van der Waals surface area contributed by atoms with Gasteiger partial charge in [-0.2, -0.15) is 0 Å². The standard InChI is InChI=1S/C25H27N5O5/c1-14-18(26)17-20-22(19(14)28-10-11-29-23(32)16-5-2-3-9-27-16)35-12-8-25(6-4-7-25)30(20)13-15(21(17)31)24(33)34/h2-3,5,9,13,28H,4,6-8,10-12,26H2,1H3,(H,29,32)(H,33,34). The van der Waals surface area contributed by atoms with Gasteiger partial charge in [0.15, 0.2) is 5.75 Å². The number of carbonyl (C=O) groups excluding carboxylic acids is 1. The maximum absolute atomic E-state index is 13.2. The molecule has 0 radical (unpaired) electrons.